The molecule has 0 saturated heterocycles. The molecule has 0 saturated carbocycles. The summed E-state index contributed by atoms with van der Waals surface area (Å²) in [4.78, 5) is 3.60. The summed E-state index contributed by atoms with van der Waals surface area (Å²) in [6, 6.07) is 2.47. The molecule has 0 aliphatic rings. The quantitative estimate of drug-likeness (QED) is 0.866. The third-order valence-corrected chi connectivity index (χ3v) is 2.19. The monoisotopic (exact) mass is 288 g/mol. The topological polar surface area (TPSA) is 48.1 Å². The lowest BCUT2D eigenvalue weighted by atomic mass is 10.1. The van der Waals surface area contributed by atoms with Crippen molar-refractivity contribution in [2.75, 3.05) is 6.54 Å². The van der Waals surface area contributed by atoms with E-state index in [1.54, 1.807) is 0 Å². The molecule has 9 heteroatoms. The SMILES string of the molecule is NCC(OC(C(F)(F)F)C(F)(F)F)c1ccncc1. The van der Waals surface area contributed by atoms with E-state index in [0.717, 1.165) is 0 Å². The Bertz CT molecular complexity index is 377. The molecule has 1 heterocycles. The summed E-state index contributed by atoms with van der Waals surface area (Å²) in [5.41, 5.74) is 5.25. The third-order valence-electron chi connectivity index (χ3n) is 2.19. The van der Waals surface area contributed by atoms with Crippen molar-refractivity contribution in [1.82, 2.24) is 4.98 Å². The second-order valence-electron chi connectivity index (χ2n) is 3.60. The predicted molar refractivity (Wildman–Crippen MR) is 53.0 cm³/mol. The molecule has 0 spiro atoms. The van der Waals surface area contributed by atoms with Crippen LogP contribution in [0.5, 0.6) is 0 Å². The number of nitrogens with zero attached hydrogens (tertiary/aromatic N) is 1. The van der Waals surface area contributed by atoms with E-state index in [1.807, 2.05) is 0 Å². The molecule has 19 heavy (non-hydrogen) atoms. The van der Waals surface area contributed by atoms with Gasteiger partial charge in [-0.1, -0.05) is 0 Å². The highest BCUT2D eigenvalue weighted by atomic mass is 19.4. The number of nitrogens with two attached hydrogens (primary N) is 1. The summed E-state index contributed by atoms with van der Waals surface area (Å²) < 4.78 is 78.1. The Morgan fingerprint density at radius 3 is 1.89 bits per heavy atom. The molecule has 1 atom stereocenters. The van der Waals surface area contributed by atoms with E-state index < -0.39 is 31.1 Å². The molecule has 0 aromatic carbocycles. The van der Waals surface area contributed by atoms with Crippen LogP contribution >= 0.6 is 0 Å². The van der Waals surface area contributed by atoms with E-state index in [2.05, 4.69) is 9.72 Å². The minimum atomic E-state index is -5.56. The summed E-state index contributed by atoms with van der Waals surface area (Å²) in [6.07, 6.45) is -14.1. The number of hydrogen-bond donors (Lipinski definition) is 1. The van der Waals surface area contributed by atoms with Gasteiger partial charge in [-0.15, -0.1) is 0 Å². The van der Waals surface area contributed by atoms with E-state index in [1.165, 1.54) is 24.5 Å². The van der Waals surface area contributed by atoms with Crippen LogP contribution in [0.3, 0.4) is 0 Å². The smallest absolute Gasteiger partial charge is 0.351 e. The Hall–Kier alpha value is -1.35. The van der Waals surface area contributed by atoms with Crippen LogP contribution in [-0.2, 0) is 4.74 Å². The van der Waals surface area contributed by atoms with Crippen molar-refractivity contribution in [2.45, 2.75) is 24.6 Å². The van der Waals surface area contributed by atoms with Crippen molar-refractivity contribution in [3.05, 3.63) is 30.1 Å². The molecular weight excluding hydrogens is 278 g/mol. The van der Waals surface area contributed by atoms with Crippen LogP contribution in [0.1, 0.15) is 11.7 Å². The second kappa shape index (κ2) is 5.74. The van der Waals surface area contributed by atoms with Crippen molar-refractivity contribution < 1.29 is 31.1 Å². The van der Waals surface area contributed by atoms with E-state index in [-0.39, 0.29) is 5.56 Å². The van der Waals surface area contributed by atoms with Gasteiger partial charge in [-0.05, 0) is 17.7 Å². The average Bonchev–Trinajstić information content (AvgIpc) is 2.28. The van der Waals surface area contributed by atoms with Crippen LogP contribution in [-0.4, -0.2) is 30.0 Å². The fourth-order valence-electron chi connectivity index (χ4n) is 1.35. The number of aromatic nitrogens is 1. The molecule has 1 unspecified atom stereocenters. The molecule has 0 radical (unpaired) electrons. The Balaban J connectivity index is 2.95. The first-order valence-corrected chi connectivity index (χ1v) is 5.05. The molecule has 1 aromatic heterocycles. The highest BCUT2D eigenvalue weighted by molar-refractivity contribution is 5.13. The Labute approximate surface area is 104 Å². The number of pyridine rings is 1. The van der Waals surface area contributed by atoms with Crippen LogP contribution < -0.4 is 5.73 Å². The van der Waals surface area contributed by atoms with Gasteiger partial charge in [0, 0.05) is 18.9 Å². The maximum Gasteiger partial charge on any atom is 0.423 e. The van der Waals surface area contributed by atoms with Crippen molar-refractivity contribution in [3.63, 3.8) is 0 Å². The molecule has 2 N–H and O–H groups in total. The lowest BCUT2D eigenvalue weighted by Crippen LogP contribution is -2.45. The predicted octanol–water partition coefficient (Wildman–Crippen LogP) is 2.59. The van der Waals surface area contributed by atoms with Crippen molar-refractivity contribution in [3.8, 4) is 0 Å². The largest absolute Gasteiger partial charge is 0.423 e. The third kappa shape index (κ3) is 4.35. The van der Waals surface area contributed by atoms with Gasteiger partial charge < -0.3 is 10.5 Å². The Kier molecular flexibility index (Phi) is 4.75. The number of hydrogen-bond acceptors (Lipinski definition) is 3. The first-order chi connectivity index (χ1) is 8.66. The molecular formula is C10H10F6N2O. The van der Waals surface area contributed by atoms with Gasteiger partial charge in [0.05, 0.1) is 6.10 Å². The highest BCUT2D eigenvalue weighted by Gasteiger charge is 2.58. The fourth-order valence-corrected chi connectivity index (χ4v) is 1.35. The Morgan fingerprint density at radius 2 is 1.53 bits per heavy atom. The average molecular weight is 288 g/mol. The molecule has 0 bridgehead atoms. The van der Waals surface area contributed by atoms with Gasteiger partial charge >= 0.3 is 12.4 Å². The van der Waals surface area contributed by atoms with Crippen LogP contribution in [0.25, 0.3) is 0 Å². The normalized spacial score (nSPS) is 14.7. The summed E-state index contributed by atoms with van der Waals surface area (Å²) in [5, 5.41) is 0. The number of halogens is 6. The van der Waals surface area contributed by atoms with Crippen LogP contribution in [0, 0.1) is 0 Å². The van der Waals surface area contributed by atoms with E-state index in [4.69, 9.17) is 5.73 Å². The first-order valence-electron chi connectivity index (χ1n) is 5.05. The number of rotatable bonds is 4. The maximum atomic E-state index is 12.3. The molecule has 0 amide bonds. The van der Waals surface area contributed by atoms with Gasteiger partial charge in [-0.25, -0.2) is 0 Å². The molecule has 1 aromatic rings. The standard InChI is InChI=1S/C10H10F6N2O/c11-9(12,13)8(10(14,15)16)19-7(5-17)6-1-3-18-4-2-6/h1-4,7-8H,5,17H2. The lowest BCUT2D eigenvalue weighted by molar-refractivity contribution is -0.331. The summed E-state index contributed by atoms with van der Waals surface area (Å²) in [6.45, 7) is -0.521. The minimum Gasteiger partial charge on any atom is -0.351 e. The summed E-state index contributed by atoms with van der Waals surface area (Å²) in [7, 11) is 0. The van der Waals surface area contributed by atoms with Crippen LogP contribution in [0.4, 0.5) is 26.3 Å². The van der Waals surface area contributed by atoms with Crippen LogP contribution in [0.2, 0.25) is 0 Å². The van der Waals surface area contributed by atoms with Crippen LogP contribution in [0.15, 0.2) is 24.5 Å². The first kappa shape index (κ1) is 15.7. The van der Waals surface area contributed by atoms with E-state index in [0.29, 0.717) is 0 Å². The van der Waals surface area contributed by atoms with Gasteiger partial charge in [-0.3, -0.25) is 4.98 Å². The lowest BCUT2D eigenvalue weighted by Gasteiger charge is -2.27. The van der Waals surface area contributed by atoms with Gasteiger partial charge in [0.2, 0.25) is 6.10 Å². The van der Waals surface area contributed by atoms with E-state index in [9.17, 15) is 26.3 Å². The zero-order valence-electron chi connectivity index (χ0n) is 9.37. The summed E-state index contributed by atoms with van der Waals surface area (Å²) in [5.74, 6) is 0. The number of ether oxygens (including phenoxy) is 1. The molecule has 0 fully saturated rings. The molecule has 0 aliphatic carbocycles. The molecule has 3 nitrogen and oxygen atoms in total. The van der Waals surface area contributed by atoms with Crippen molar-refractivity contribution in [2.24, 2.45) is 5.73 Å². The van der Waals surface area contributed by atoms with Crippen molar-refractivity contribution >= 4 is 0 Å². The van der Waals surface area contributed by atoms with Gasteiger partial charge in [0.1, 0.15) is 0 Å². The molecule has 1 rings (SSSR count). The zero-order valence-corrected chi connectivity index (χ0v) is 9.37. The maximum absolute atomic E-state index is 12.3. The van der Waals surface area contributed by atoms with Gasteiger partial charge in [0.15, 0.2) is 0 Å². The van der Waals surface area contributed by atoms with Crippen molar-refractivity contribution in [1.29, 1.82) is 0 Å². The second-order valence-corrected chi connectivity index (χ2v) is 3.60. The van der Waals surface area contributed by atoms with Gasteiger partial charge in [-0.2, -0.15) is 26.3 Å². The van der Waals surface area contributed by atoms with E-state index >= 15 is 0 Å². The van der Waals surface area contributed by atoms with Gasteiger partial charge in [0.25, 0.3) is 0 Å². The molecule has 108 valence electrons. The Morgan fingerprint density at radius 1 is 1.05 bits per heavy atom. The molecule has 0 aliphatic heterocycles. The zero-order chi connectivity index (χ0) is 14.7. The number of alkyl halides is 6. The minimum absolute atomic E-state index is 0.0935. The fraction of sp³-hybridized carbons (Fsp3) is 0.500. The summed E-state index contributed by atoms with van der Waals surface area (Å²) >= 11 is 0. The highest BCUT2D eigenvalue weighted by Crippen LogP contribution is 2.38.